The molecule has 3 rings (SSSR count). The third-order valence-corrected chi connectivity index (χ3v) is 3.93. The first-order valence-electron chi connectivity index (χ1n) is 5.89. The number of imidazole rings is 1. The average Bonchev–Trinajstić information content (AvgIpc) is 3.01. The first-order chi connectivity index (χ1) is 9.94. The summed E-state index contributed by atoms with van der Waals surface area (Å²) in [5.74, 6) is 0.260. The monoisotopic (exact) mass is 328 g/mol. The maximum atomic E-state index is 11.1. The van der Waals surface area contributed by atoms with Gasteiger partial charge in [-0.15, -0.1) is 10.2 Å². The van der Waals surface area contributed by atoms with Crippen LogP contribution in [-0.4, -0.2) is 46.0 Å². The highest BCUT2D eigenvalue weighted by Crippen LogP contribution is 2.36. The van der Waals surface area contributed by atoms with Crippen LogP contribution in [0.5, 0.6) is 0 Å². The van der Waals surface area contributed by atoms with Crippen LogP contribution in [0.4, 0.5) is 0 Å². The molecule has 11 heteroatoms. The van der Waals surface area contributed by atoms with Crippen LogP contribution in [0, 0.1) is 0 Å². The summed E-state index contributed by atoms with van der Waals surface area (Å²) >= 11 is 5.93. The predicted molar refractivity (Wildman–Crippen MR) is 74.0 cm³/mol. The van der Waals surface area contributed by atoms with E-state index in [-0.39, 0.29) is 18.4 Å². The normalized spacial score (nSPS) is 12.1. The number of H-pyrrole nitrogens is 1. The van der Waals surface area contributed by atoms with Gasteiger partial charge in [-0.3, -0.25) is 4.57 Å². The summed E-state index contributed by atoms with van der Waals surface area (Å²) < 4.78 is 12.8. The van der Waals surface area contributed by atoms with E-state index < -0.39 is 7.60 Å². The van der Waals surface area contributed by atoms with Crippen molar-refractivity contribution in [3.63, 3.8) is 0 Å². The molecule has 3 aromatic heterocycles. The Bertz CT molecular complexity index is 827. The lowest BCUT2D eigenvalue weighted by molar-refractivity contribution is 0.373. The second-order valence-corrected chi connectivity index (χ2v) is 6.57. The van der Waals surface area contributed by atoms with Crippen molar-refractivity contribution < 1.29 is 14.4 Å². The fraction of sp³-hybridized carbons (Fsp3) is 0.200. The lowest BCUT2D eigenvalue weighted by Gasteiger charge is -2.05. The minimum Gasteiger partial charge on any atom is -0.324 e. The molecule has 0 saturated heterocycles. The quantitative estimate of drug-likeness (QED) is 0.606. The Morgan fingerprint density at radius 2 is 2.24 bits per heavy atom. The van der Waals surface area contributed by atoms with Crippen molar-refractivity contribution in [1.82, 2.24) is 30.0 Å². The second-order valence-electron chi connectivity index (χ2n) is 4.35. The number of rotatable bonds is 4. The van der Waals surface area contributed by atoms with E-state index in [4.69, 9.17) is 21.4 Å². The van der Waals surface area contributed by atoms with E-state index in [1.54, 1.807) is 22.7 Å². The first-order valence-corrected chi connectivity index (χ1v) is 8.06. The summed E-state index contributed by atoms with van der Waals surface area (Å²) in [5, 5.41) is 14.0. The lowest BCUT2D eigenvalue weighted by Crippen LogP contribution is -2.00. The van der Waals surface area contributed by atoms with E-state index in [1.165, 1.54) is 0 Å². The molecular formula is C10H10ClN6O3P. The highest BCUT2D eigenvalue weighted by molar-refractivity contribution is 7.51. The molecule has 0 spiro atoms. The fourth-order valence-electron chi connectivity index (χ4n) is 2.00. The molecule has 0 atom stereocenters. The van der Waals surface area contributed by atoms with Crippen LogP contribution < -0.4 is 0 Å². The van der Waals surface area contributed by atoms with Gasteiger partial charge in [0, 0.05) is 23.7 Å². The van der Waals surface area contributed by atoms with Gasteiger partial charge in [-0.1, -0.05) is 11.6 Å². The number of tetrazole rings is 1. The number of aromatic nitrogens is 6. The zero-order valence-electron chi connectivity index (χ0n) is 10.5. The Morgan fingerprint density at radius 1 is 1.43 bits per heavy atom. The topological polar surface area (TPSA) is 129 Å². The van der Waals surface area contributed by atoms with Crippen molar-refractivity contribution in [1.29, 1.82) is 0 Å². The summed E-state index contributed by atoms with van der Waals surface area (Å²) in [7, 11) is -4.12. The molecule has 0 amide bonds. The zero-order chi connectivity index (χ0) is 15.0. The first kappa shape index (κ1) is 14.2. The van der Waals surface area contributed by atoms with Gasteiger partial charge < -0.3 is 14.2 Å². The van der Waals surface area contributed by atoms with E-state index in [1.807, 2.05) is 0 Å². The summed E-state index contributed by atoms with van der Waals surface area (Å²) in [6.07, 6.45) is 1.51. The van der Waals surface area contributed by atoms with Crippen LogP contribution in [0.3, 0.4) is 0 Å². The molecule has 0 fully saturated rings. The minimum absolute atomic E-state index is 0.122. The lowest BCUT2D eigenvalue weighted by atomic mass is 10.2. The maximum absolute atomic E-state index is 11.1. The molecule has 0 unspecified atom stereocenters. The molecule has 0 bridgehead atoms. The molecule has 0 radical (unpaired) electrons. The smallest absolute Gasteiger partial charge is 0.324 e. The highest BCUT2D eigenvalue weighted by Gasteiger charge is 2.21. The molecule has 0 saturated carbocycles. The molecule has 0 aliphatic carbocycles. The Balaban J connectivity index is 2.13. The minimum atomic E-state index is -4.12. The molecule has 0 aromatic carbocycles. The third kappa shape index (κ3) is 2.96. The van der Waals surface area contributed by atoms with Gasteiger partial charge in [-0.25, -0.2) is 4.98 Å². The molecule has 0 aliphatic heterocycles. The van der Waals surface area contributed by atoms with E-state index in [9.17, 15) is 4.57 Å². The van der Waals surface area contributed by atoms with Gasteiger partial charge in [0.2, 0.25) is 5.82 Å². The van der Waals surface area contributed by atoms with E-state index in [0.717, 1.165) is 0 Å². The van der Waals surface area contributed by atoms with Crippen LogP contribution in [0.15, 0.2) is 18.3 Å². The molecule has 110 valence electrons. The van der Waals surface area contributed by atoms with Gasteiger partial charge in [0.25, 0.3) is 0 Å². The number of fused-ring (bicyclic) bond motifs is 1. The van der Waals surface area contributed by atoms with Gasteiger partial charge in [-0.05, 0) is 11.3 Å². The van der Waals surface area contributed by atoms with Crippen molar-refractivity contribution in [3.8, 4) is 11.5 Å². The van der Waals surface area contributed by atoms with Crippen molar-refractivity contribution in [2.45, 2.75) is 6.42 Å². The number of hydrogen-bond donors (Lipinski definition) is 3. The highest BCUT2D eigenvalue weighted by atomic mass is 35.5. The fourth-order valence-corrected chi connectivity index (χ4v) is 2.66. The molecule has 3 N–H and O–H groups in total. The summed E-state index contributed by atoms with van der Waals surface area (Å²) in [6.45, 7) is 0. The summed E-state index contributed by atoms with van der Waals surface area (Å²) in [5.41, 5.74) is 1.55. The number of aryl methyl sites for hydroxylation is 1. The van der Waals surface area contributed by atoms with Crippen molar-refractivity contribution in [2.24, 2.45) is 0 Å². The van der Waals surface area contributed by atoms with Crippen molar-refractivity contribution >= 4 is 24.8 Å². The Morgan fingerprint density at radius 3 is 2.90 bits per heavy atom. The molecule has 3 heterocycles. The Labute approximate surface area is 123 Å². The predicted octanol–water partition coefficient (Wildman–Crippen LogP) is 0.888. The Hall–Kier alpha value is -1.80. The van der Waals surface area contributed by atoms with Gasteiger partial charge in [0.15, 0.2) is 0 Å². The summed E-state index contributed by atoms with van der Waals surface area (Å²) in [6, 6.07) is 3.31. The van der Waals surface area contributed by atoms with Crippen molar-refractivity contribution in [2.75, 3.05) is 6.16 Å². The summed E-state index contributed by atoms with van der Waals surface area (Å²) in [4.78, 5) is 22.5. The number of nitrogens with zero attached hydrogens (tertiary/aromatic N) is 5. The molecule has 3 aromatic rings. The van der Waals surface area contributed by atoms with Gasteiger partial charge in [-0.2, -0.15) is 5.21 Å². The largest absolute Gasteiger partial charge is 0.325 e. The molecule has 21 heavy (non-hydrogen) atoms. The average molecular weight is 329 g/mol. The molecular weight excluding hydrogens is 319 g/mol. The number of halogens is 1. The third-order valence-electron chi connectivity index (χ3n) is 2.88. The second kappa shape index (κ2) is 5.19. The van der Waals surface area contributed by atoms with Gasteiger partial charge >= 0.3 is 7.60 Å². The van der Waals surface area contributed by atoms with Crippen molar-refractivity contribution in [3.05, 3.63) is 29.0 Å². The van der Waals surface area contributed by atoms with E-state index in [0.29, 0.717) is 22.1 Å². The SMILES string of the molecule is O=P(O)(O)CCc1c(-c2nn[nH]n2)nc2cc(Cl)ccn12. The van der Waals surface area contributed by atoms with Gasteiger partial charge in [0.1, 0.15) is 11.3 Å². The van der Waals surface area contributed by atoms with E-state index >= 15 is 0 Å². The Kier molecular flexibility index (Phi) is 3.50. The van der Waals surface area contributed by atoms with Crippen LogP contribution in [0.25, 0.3) is 17.2 Å². The number of aromatic amines is 1. The van der Waals surface area contributed by atoms with Gasteiger partial charge in [0.05, 0.1) is 11.9 Å². The number of nitrogens with one attached hydrogen (secondary N) is 1. The molecule has 9 nitrogen and oxygen atoms in total. The van der Waals surface area contributed by atoms with Crippen LogP contribution in [0.2, 0.25) is 5.02 Å². The van der Waals surface area contributed by atoms with E-state index in [2.05, 4.69) is 25.6 Å². The standard InChI is InChI=1S/C10H10ClN6O3P/c11-6-1-3-17-7(2-4-21(18,19)20)9(12-8(17)5-6)10-13-15-16-14-10/h1,3,5H,2,4H2,(H2,18,19,20)(H,13,14,15,16). The van der Waals surface area contributed by atoms with Crippen LogP contribution >= 0.6 is 19.2 Å². The zero-order valence-corrected chi connectivity index (χ0v) is 12.2. The number of pyridine rings is 1. The van der Waals surface area contributed by atoms with Crippen LogP contribution in [-0.2, 0) is 11.0 Å². The molecule has 0 aliphatic rings. The van der Waals surface area contributed by atoms with Crippen LogP contribution in [0.1, 0.15) is 5.69 Å². The number of hydrogen-bond acceptors (Lipinski definition) is 5. The maximum Gasteiger partial charge on any atom is 0.325 e.